The van der Waals surface area contributed by atoms with Crippen molar-refractivity contribution in [3.63, 3.8) is 0 Å². The monoisotopic (exact) mass is 520 g/mol. The normalized spacial score (nSPS) is 17.3. The Kier molecular flexibility index (Phi) is 6.19. The lowest BCUT2D eigenvalue weighted by Crippen LogP contribution is -2.29. The van der Waals surface area contributed by atoms with Gasteiger partial charge in [0, 0.05) is 5.41 Å². The average molecular weight is 521 g/mol. The zero-order valence-electron chi connectivity index (χ0n) is 24.5. The first kappa shape index (κ1) is 25.3. The van der Waals surface area contributed by atoms with Crippen LogP contribution in [-0.2, 0) is 12.8 Å². The van der Waals surface area contributed by atoms with Crippen LogP contribution in [-0.4, -0.2) is 0 Å². The predicted octanol–water partition coefficient (Wildman–Crippen LogP) is 10.8. The second-order valence-electron chi connectivity index (χ2n) is 12.6. The van der Waals surface area contributed by atoms with Gasteiger partial charge in [0.15, 0.2) is 0 Å². The van der Waals surface area contributed by atoms with Crippen molar-refractivity contribution < 1.29 is 0 Å². The van der Waals surface area contributed by atoms with Crippen LogP contribution in [0.15, 0.2) is 83.9 Å². The second kappa shape index (κ2) is 9.77. The van der Waals surface area contributed by atoms with Gasteiger partial charge >= 0.3 is 0 Å². The third kappa shape index (κ3) is 3.95. The second-order valence-corrected chi connectivity index (χ2v) is 12.6. The molecule has 0 bridgehead atoms. The van der Waals surface area contributed by atoms with E-state index >= 15 is 0 Å². The smallest absolute Gasteiger partial charge is 0.0134 e. The average Bonchev–Trinajstić information content (AvgIpc) is 3.62. The van der Waals surface area contributed by atoms with Gasteiger partial charge in [-0.15, -0.1) is 0 Å². The molecule has 3 aliphatic carbocycles. The molecule has 3 aliphatic rings. The summed E-state index contributed by atoms with van der Waals surface area (Å²) in [7, 11) is 0. The van der Waals surface area contributed by atoms with E-state index in [0.29, 0.717) is 0 Å². The van der Waals surface area contributed by atoms with Crippen molar-refractivity contribution in [3.05, 3.63) is 128 Å². The number of benzene rings is 4. The molecule has 0 heteroatoms. The summed E-state index contributed by atoms with van der Waals surface area (Å²) in [5.41, 5.74) is 20.5. The molecule has 4 aromatic carbocycles. The van der Waals surface area contributed by atoms with Gasteiger partial charge in [0.2, 0.25) is 0 Å². The van der Waals surface area contributed by atoms with Crippen LogP contribution in [0.2, 0.25) is 0 Å². The van der Waals surface area contributed by atoms with Gasteiger partial charge in [-0.05, 0) is 120 Å². The molecule has 0 saturated heterocycles. The Morgan fingerprint density at radius 2 is 0.900 bits per heavy atom. The van der Waals surface area contributed by atoms with Gasteiger partial charge in [-0.2, -0.15) is 0 Å². The number of hydrogen-bond acceptors (Lipinski definition) is 0. The number of allylic oxidation sites excluding steroid dienone is 2. The minimum absolute atomic E-state index is 0.175. The summed E-state index contributed by atoms with van der Waals surface area (Å²) in [5, 5.41) is 0. The molecule has 1 fully saturated rings. The summed E-state index contributed by atoms with van der Waals surface area (Å²) < 4.78 is 0. The maximum absolute atomic E-state index is 2.62. The molecule has 0 unspecified atom stereocenters. The Morgan fingerprint density at radius 3 is 1.38 bits per heavy atom. The fourth-order valence-electron chi connectivity index (χ4n) is 7.91. The maximum atomic E-state index is 2.62. The molecule has 200 valence electrons. The summed E-state index contributed by atoms with van der Waals surface area (Å²) in [5.74, 6) is 0. The molecule has 40 heavy (non-hydrogen) atoms. The third-order valence-corrected chi connectivity index (χ3v) is 10.5. The summed E-state index contributed by atoms with van der Waals surface area (Å²) in [4.78, 5) is 0. The summed E-state index contributed by atoms with van der Waals surface area (Å²) >= 11 is 0. The van der Waals surface area contributed by atoms with Crippen molar-refractivity contribution in [2.24, 2.45) is 5.41 Å². The van der Waals surface area contributed by atoms with Gasteiger partial charge in [0.05, 0.1) is 0 Å². The van der Waals surface area contributed by atoms with E-state index in [4.69, 9.17) is 0 Å². The number of hydrogen-bond donors (Lipinski definition) is 0. The van der Waals surface area contributed by atoms with Crippen molar-refractivity contribution >= 4 is 12.2 Å². The zero-order chi connectivity index (χ0) is 27.4. The van der Waals surface area contributed by atoms with E-state index in [1.54, 1.807) is 11.1 Å². The van der Waals surface area contributed by atoms with Crippen molar-refractivity contribution in [2.45, 2.75) is 72.6 Å². The summed E-state index contributed by atoms with van der Waals surface area (Å²) in [6, 6.07) is 27.5. The van der Waals surface area contributed by atoms with Gasteiger partial charge in [-0.1, -0.05) is 115 Å². The lowest BCUT2D eigenvalue weighted by atomic mass is 9.63. The third-order valence-electron chi connectivity index (χ3n) is 10.5. The van der Waals surface area contributed by atoms with Crippen LogP contribution in [0.4, 0.5) is 0 Å². The van der Waals surface area contributed by atoms with Crippen LogP contribution in [0, 0.1) is 33.1 Å². The molecule has 0 nitrogen and oxygen atoms in total. The van der Waals surface area contributed by atoms with E-state index in [2.05, 4.69) is 113 Å². The summed E-state index contributed by atoms with van der Waals surface area (Å²) in [6.45, 7) is 9.02. The maximum Gasteiger partial charge on any atom is 0.0134 e. The first-order valence-corrected chi connectivity index (χ1v) is 15.3. The van der Waals surface area contributed by atoms with E-state index in [1.165, 1.54) is 98.9 Å². The van der Waals surface area contributed by atoms with E-state index in [-0.39, 0.29) is 5.41 Å². The lowest BCUT2D eigenvalue weighted by Gasteiger charge is -2.40. The highest BCUT2D eigenvalue weighted by Crippen LogP contribution is 2.55. The standard InChI is InChI=1S/C40H40/c1-26-12-8-16-34(28(26)3)36-18-10-14-30-22-32(24-38(30)36)40(20-6-5-7-21-40)33-23-31-15-11-19-37(39(31)25-33)35-17-9-13-27(2)29(35)4/h8-19,24-25H,5-7,20-23H2,1-4H3. The van der Waals surface area contributed by atoms with Crippen molar-refractivity contribution in [1.29, 1.82) is 0 Å². The van der Waals surface area contributed by atoms with Gasteiger partial charge < -0.3 is 0 Å². The fraction of sp³-hybridized carbons (Fsp3) is 0.300. The topological polar surface area (TPSA) is 0 Å². The predicted molar refractivity (Wildman–Crippen MR) is 172 cm³/mol. The molecule has 0 spiro atoms. The van der Waals surface area contributed by atoms with E-state index < -0.39 is 0 Å². The molecule has 0 aromatic heterocycles. The van der Waals surface area contributed by atoms with Crippen molar-refractivity contribution in [1.82, 2.24) is 0 Å². The molecule has 0 radical (unpaired) electrons. The van der Waals surface area contributed by atoms with Crippen LogP contribution in [0.25, 0.3) is 34.4 Å². The van der Waals surface area contributed by atoms with Crippen LogP contribution >= 0.6 is 0 Å². The Hall–Kier alpha value is -3.64. The van der Waals surface area contributed by atoms with E-state index in [0.717, 1.165) is 12.8 Å². The number of aryl methyl sites for hydroxylation is 2. The highest BCUT2D eigenvalue weighted by atomic mass is 14.5. The Balaban J connectivity index is 1.34. The molecule has 0 amide bonds. The Labute approximate surface area is 240 Å². The first-order valence-electron chi connectivity index (χ1n) is 15.3. The lowest BCUT2D eigenvalue weighted by molar-refractivity contribution is 0.286. The van der Waals surface area contributed by atoms with E-state index in [9.17, 15) is 0 Å². The molecule has 0 atom stereocenters. The Bertz CT molecular complexity index is 1580. The van der Waals surface area contributed by atoms with Gasteiger partial charge in [-0.3, -0.25) is 0 Å². The molecule has 4 aromatic rings. The molecule has 0 N–H and O–H groups in total. The minimum atomic E-state index is 0.175. The highest BCUT2D eigenvalue weighted by Gasteiger charge is 2.42. The molecule has 1 saturated carbocycles. The van der Waals surface area contributed by atoms with Crippen LogP contribution < -0.4 is 0 Å². The quantitative estimate of drug-likeness (QED) is 0.251. The van der Waals surface area contributed by atoms with Gasteiger partial charge in [-0.25, -0.2) is 0 Å². The molecular weight excluding hydrogens is 480 g/mol. The highest BCUT2D eigenvalue weighted by molar-refractivity contribution is 5.86. The SMILES string of the molecule is Cc1cccc(-c2cccc3c2C=C(C2(C4=Cc5c(cccc5-c5cccc(C)c5C)C4)CCCCC2)C3)c1C. The van der Waals surface area contributed by atoms with Gasteiger partial charge in [0.25, 0.3) is 0 Å². The molecular formula is C40H40. The first-order chi connectivity index (χ1) is 19.5. The molecule has 7 rings (SSSR count). The summed E-state index contributed by atoms with van der Waals surface area (Å²) in [6.07, 6.45) is 14.0. The fourth-order valence-corrected chi connectivity index (χ4v) is 7.91. The molecule has 0 heterocycles. The van der Waals surface area contributed by atoms with Gasteiger partial charge in [0.1, 0.15) is 0 Å². The van der Waals surface area contributed by atoms with Crippen LogP contribution in [0.5, 0.6) is 0 Å². The zero-order valence-corrected chi connectivity index (χ0v) is 24.5. The van der Waals surface area contributed by atoms with Crippen molar-refractivity contribution in [3.8, 4) is 22.3 Å². The number of fused-ring (bicyclic) bond motifs is 2. The minimum Gasteiger partial charge on any atom is -0.0614 e. The Morgan fingerprint density at radius 1 is 0.475 bits per heavy atom. The van der Waals surface area contributed by atoms with E-state index in [1.807, 2.05) is 0 Å². The van der Waals surface area contributed by atoms with Crippen molar-refractivity contribution in [2.75, 3.05) is 0 Å². The molecule has 0 aliphatic heterocycles. The number of rotatable bonds is 4. The largest absolute Gasteiger partial charge is 0.0614 e. The van der Waals surface area contributed by atoms with Crippen LogP contribution in [0.3, 0.4) is 0 Å². The van der Waals surface area contributed by atoms with Crippen LogP contribution in [0.1, 0.15) is 76.6 Å².